The summed E-state index contributed by atoms with van der Waals surface area (Å²) in [5.74, 6) is -0.0985. The standard InChI is InChI=1S/C17H12O2/c18-15-8-9-17(19)14(11-15)10-13-6-3-5-12-4-1-2-7-16(12)13/h1-10H,11H2. The molecule has 0 radical (unpaired) electrons. The van der Waals surface area contributed by atoms with Crippen LogP contribution in [0.5, 0.6) is 0 Å². The van der Waals surface area contributed by atoms with Gasteiger partial charge in [0.2, 0.25) is 0 Å². The molecule has 92 valence electrons. The normalized spacial score (nSPS) is 17.4. The Bertz CT molecular complexity index is 731. The van der Waals surface area contributed by atoms with Crippen molar-refractivity contribution in [3.05, 3.63) is 65.8 Å². The molecule has 3 rings (SSSR count). The molecule has 0 saturated heterocycles. The maximum atomic E-state index is 11.8. The van der Waals surface area contributed by atoms with Gasteiger partial charge < -0.3 is 0 Å². The third-order valence-electron chi connectivity index (χ3n) is 3.25. The fourth-order valence-corrected chi connectivity index (χ4v) is 2.30. The van der Waals surface area contributed by atoms with Crippen LogP contribution < -0.4 is 0 Å². The van der Waals surface area contributed by atoms with Gasteiger partial charge in [0.1, 0.15) is 0 Å². The zero-order chi connectivity index (χ0) is 13.2. The van der Waals surface area contributed by atoms with Crippen LogP contribution in [0.1, 0.15) is 12.0 Å². The minimum absolute atomic E-state index is 0.0221. The third kappa shape index (κ3) is 2.25. The van der Waals surface area contributed by atoms with Crippen LogP contribution in [0.2, 0.25) is 0 Å². The zero-order valence-corrected chi connectivity index (χ0v) is 10.3. The molecule has 2 aromatic rings. The van der Waals surface area contributed by atoms with Gasteiger partial charge in [-0.3, -0.25) is 9.59 Å². The summed E-state index contributed by atoms with van der Waals surface area (Å²) in [5, 5.41) is 2.22. The van der Waals surface area contributed by atoms with Crippen LogP contribution in [-0.2, 0) is 9.59 Å². The van der Waals surface area contributed by atoms with E-state index in [0.717, 1.165) is 16.3 Å². The summed E-state index contributed by atoms with van der Waals surface area (Å²) >= 11 is 0. The van der Waals surface area contributed by atoms with E-state index in [1.807, 2.05) is 48.5 Å². The van der Waals surface area contributed by atoms with E-state index in [4.69, 9.17) is 0 Å². The van der Waals surface area contributed by atoms with Crippen molar-refractivity contribution in [2.24, 2.45) is 0 Å². The lowest BCUT2D eigenvalue weighted by Crippen LogP contribution is -2.10. The van der Waals surface area contributed by atoms with E-state index in [-0.39, 0.29) is 18.0 Å². The summed E-state index contributed by atoms with van der Waals surface area (Å²) in [5.41, 5.74) is 1.54. The summed E-state index contributed by atoms with van der Waals surface area (Å²) in [6.07, 6.45) is 4.72. The van der Waals surface area contributed by atoms with Crippen molar-refractivity contribution in [2.45, 2.75) is 6.42 Å². The largest absolute Gasteiger partial charge is 0.294 e. The Hall–Kier alpha value is -2.48. The molecule has 0 heterocycles. The van der Waals surface area contributed by atoms with Gasteiger partial charge in [0.25, 0.3) is 0 Å². The van der Waals surface area contributed by atoms with Gasteiger partial charge in [-0.2, -0.15) is 0 Å². The van der Waals surface area contributed by atoms with Crippen LogP contribution in [0.25, 0.3) is 16.8 Å². The predicted octanol–water partition coefficient (Wildman–Crippen LogP) is 3.32. The highest BCUT2D eigenvalue weighted by molar-refractivity contribution is 6.17. The van der Waals surface area contributed by atoms with Crippen LogP contribution >= 0.6 is 0 Å². The first kappa shape index (κ1) is 11.6. The molecule has 0 spiro atoms. The second kappa shape index (κ2) is 4.65. The van der Waals surface area contributed by atoms with E-state index in [2.05, 4.69) is 0 Å². The second-order valence-electron chi connectivity index (χ2n) is 4.58. The van der Waals surface area contributed by atoms with Gasteiger partial charge >= 0.3 is 0 Å². The molecule has 2 heteroatoms. The SMILES string of the molecule is O=C1C=CC(=O)C(=Cc2cccc3ccccc23)C1. The molecule has 0 N–H and O–H groups in total. The summed E-state index contributed by atoms with van der Waals surface area (Å²) in [6.45, 7) is 0. The van der Waals surface area contributed by atoms with Gasteiger partial charge in [0.15, 0.2) is 11.6 Å². The Morgan fingerprint density at radius 1 is 0.895 bits per heavy atom. The molecular weight excluding hydrogens is 236 g/mol. The van der Waals surface area contributed by atoms with Gasteiger partial charge in [-0.25, -0.2) is 0 Å². The minimum atomic E-state index is -0.0764. The lowest BCUT2D eigenvalue weighted by molar-refractivity contribution is -0.117. The number of rotatable bonds is 1. The smallest absolute Gasteiger partial charge is 0.182 e. The monoisotopic (exact) mass is 248 g/mol. The zero-order valence-electron chi connectivity index (χ0n) is 10.3. The first-order chi connectivity index (χ1) is 9.24. The van der Waals surface area contributed by atoms with Gasteiger partial charge in [-0.05, 0) is 34.6 Å². The van der Waals surface area contributed by atoms with E-state index >= 15 is 0 Å². The molecule has 0 aliphatic heterocycles. The highest BCUT2D eigenvalue weighted by Gasteiger charge is 2.15. The average Bonchev–Trinajstić information content (AvgIpc) is 2.43. The fraction of sp³-hybridized carbons (Fsp3) is 0.0588. The number of hydrogen-bond acceptors (Lipinski definition) is 2. The first-order valence-corrected chi connectivity index (χ1v) is 6.17. The lowest BCUT2D eigenvalue weighted by Gasteiger charge is -2.08. The van der Waals surface area contributed by atoms with Crippen LogP contribution in [0.3, 0.4) is 0 Å². The summed E-state index contributed by atoms with van der Waals surface area (Å²) in [7, 11) is 0. The first-order valence-electron chi connectivity index (χ1n) is 6.17. The second-order valence-corrected chi connectivity index (χ2v) is 4.58. The van der Waals surface area contributed by atoms with Crippen molar-refractivity contribution in [1.82, 2.24) is 0 Å². The number of fused-ring (bicyclic) bond motifs is 1. The maximum Gasteiger partial charge on any atom is 0.182 e. The van der Waals surface area contributed by atoms with E-state index in [0.29, 0.717) is 5.57 Å². The van der Waals surface area contributed by atoms with Crippen molar-refractivity contribution >= 4 is 28.4 Å². The number of carbonyl (C=O) groups excluding carboxylic acids is 2. The lowest BCUT2D eigenvalue weighted by atomic mass is 9.95. The van der Waals surface area contributed by atoms with Crippen molar-refractivity contribution in [1.29, 1.82) is 0 Å². The van der Waals surface area contributed by atoms with Crippen molar-refractivity contribution in [3.63, 3.8) is 0 Å². The topological polar surface area (TPSA) is 34.1 Å². The molecule has 2 aromatic carbocycles. The number of carbonyl (C=O) groups is 2. The molecule has 19 heavy (non-hydrogen) atoms. The van der Waals surface area contributed by atoms with Crippen LogP contribution in [0.4, 0.5) is 0 Å². The molecule has 0 fully saturated rings. The Morgan fingerprint density at radius 2 is 1.68 bits per heavy atom. The van der Waals surface area contributed by atoms with E-state index < -0.39 is 0 Å². The Morgan fingerprint density at radius 3 is 2.58 bits per heavy atom. The van der Waals surface area contributed by atoms with Gasteiger partial charge in [0, 0.05) is 12.0 Å². The summed E-state index contributed by atoms with van der Waals surface area (Å²) in [4.78, 5) is 23.2. The molecular formula is C17H12O2. The van der Waals surface area contributed by atoms with E-state index in [1.54, 1.807) is 0 Å². The summed E-state index contributed by atoms with van der Waals surface area (Å²) in [6, 6.07) is 14.0. The Labute approximate surface area is 111 Å². The number of allylic oxidation sites excluding steroid dienone is 3. The summed E-state index contributed by atoms with van der Waals surface area (Å²) < 4.78 is 0. The van der Waals surface area contributed by atoms with Gasteiger partial charge in [-0.15, -0.1) is 0 Å². The van der Waals surface area contributed by atoms with Crippen LogP contribution in [0, 0.1) is 0 Å². The maximum absolute atomic E-state index is 11.8. The van der Waals surface area contributed by atoms with E-state index in [1.165, 1.54) is 12.2 Å². The van der Waals surface area contributed by atoms with Crippen molar-refractivity contribution in [3.8, 4) is 0 Å². The molecule has 0 amide bonds. The highest BCUT2D eigenvalue weighted by atomic mass is 16.1. The average molecular weight is 248 g/mol. The third-order valence-corrected chi connectivity index (χ3v) is 3.25. The molecule has 0 aromatic heterocycles. The van der Waals surface area contributed by atoms with Crippen LogP contribution in [0.15, 0.2) is 60.2 Å². The number of benzene rings is 2. The van der Waals surface area contributed by atoms with Gasteiger partial charge in [-0.1, -0.05) is 42.5 Å². The molecule has 0 bridgehead atoms. The molecule has 2 nitrogen and oxygen atoms in total. The Kier molecular flexibility index (Phi) is 2.84. The molecule has 0 atom stereocenters. The molecule has 1 aliphatic carbocycles. The Balaban J connectivity index is 2.13. The van der Waals surface area contributed by atoms with E-state index in [9.17, 15) is 9.59 Å². The van der Waals surface area contributed by atoms with Crippen LogP contribution in [-0.4, -0.2) is 11.6 Å². The minimum Gasteiger partial charge on any atom is -0.294 e. The fourth-order valence-electron chi connectivity index (χ4n) is 2.30. The highest BCUT2D eigenvalue weighted by Crippen LogP contribution is 2.23. The predicted molar refractivity (Wildman–Crippen MR) is 75.7 cm³/mol. The molecule has 1 aliphatic rings. The number of ketones is 2. The van der Waals surface area contributed by atoms with Crippen molar-refractivity contribution < 1.29 is 9.59 Å². The molecule has 0 saturated carbocycles. The number of hydrogen-bond donors (Lipinski definition) is 0. The van der Waals surface area contributed by atoms with Crippen molar-refractivity contribution in [2.75, 3.05) is 0 Å². The van der Waals surface area contributed by atoms with Gasteiger partial charge in [0.05, 0.1) is 0 Å². The quantitative estimate of drug-likeness (QED) is 0.725. The molecule has 0 unspecified atom stereocenters.